The zero-order valence-electron chi connectivity index (χ0n) is 17.3. The third kappa shape index (κ3) is 5.16. The summed E-state index contributed by atoms with van der Waals surface area (Å²) in [6.07, 6.45) is 2.41. The Morgan fingerprint density at radius 1 is 0.935 bits per heavy atom. The summed E-state index contributed by atoms with van der Waals surface area (Å²) < 4.78 is 0. The molecule has 4 rings (SSSR count). The van der Waals surface area contributed by atoms with Gasteiger partial charge in [0, 0.05) is 16.3 Å². The molecule has 0 bridgehead atoms. The van der Waals surface area contributed by atoms with E-state index in [9.17, 15) is 10.1 Å². The van der Waals surface area contributed by atoms with Crippen LogP contribution in [0.3, 0.4) is 0 Å². The molecule has 1 unspecified atom stereocenters. The van der Waals surface area contributed by atoms with Crippen LogP contribution in [0.1, 0.15) is 40.4 Å². The first-order chi connectivity index (χ1) is 15.3. The lowest BCUT2D eigenvalue weighted by atomic mass is 10.1. The van der Waals surface area contributed by atoms with Crippen molar-refractivity contribution in [1.29, 1.82) is 5.26 Å². The predicted octanol–water partition coefficient (Wildman–Crippen LogP) is 5.28. The molecular formula is C26H25N3OS. The second kappa shape index (κ2) is 10.3. The summed E-state index contributed by atoms with van der Waals surface area (Å²) in [6, 6.07) is 27.9. The van der Waals surface area contributed by atoms with E-state index >= 15 is 0 Å². The molecule has 5 heteroatoms. The Balaban J connectivity index is 1.51. The van der Waals surface area contributed by atoms with Crippen molar-refractivity contribution in [3.63, 3.8) is 0 Å². The SMILES string of the molecule is N#Cc1ccccc1Sc1ccccc1C(=O)NCC(c1ccccc1)N1CCCC1. The van der Waals surface area contributed by atoms with Crippen LogP contribution in [0.2, 0.25) is 0 Å². The fraction of sp³-hybridized carbons (Fsp3) is 0.231. The molecule has 1 fully saturated rings. The third-order valence-corrected chi connectivity index (χ3v) is 6.73. The lowest BCUT2D eigenvalue weighted by Gasteiger charge is -2.28. The standard InChI is InChI=1S/C26H25N3OS/c27-18-21-12-4-6-14-24(21)31-25-15-7-5-13-22(25)26(30)28-19-23(29-16-8-9-17-29)20-10-2-1-3-11-20/h1-7,10-15,23H,8-9,16-17,19H2,(H,28,30). The molecule has 1 atom stereocenters. The molecule has 156 valence electrons. The van der Waals surface area contributed by atoms with E-state index in [0.29, 0.717) is 17.7 Å². The van der Waals surface area contributed by atoms with Crippen LogP contribution < -0.4 is 5.32 Å². The van der Waals surface area contributed by atoms with E-state index in [1.807, 2.05) is 48.5 Å². The lowest BCUT2D eigenvalue weighted by molar-refractivity contribution is 0.0935. The number of carbonyl (C=O) groups is 1. The van der Waals surface area contributed by atoms with Crippen LogP contribution in [0, 0.1) is 11.3 Å². The van der Waals surface area contributed by atoms with Crippen LogP contribution in [0.25, 0.3) is 0 Å². The molecule has 4 nitrogen and oxygen atoms in total. The van der Waals surface area contributed by atoms with Crippen molar-refractivity contribution in [1.82, 2.24) is 10.2 Å². The number of rotatable bonds is 7. The van der Waals surface area contributed by atoms with Gasteiger partial charge in [0.1, 0.15) is 6.07 Å². The van der Waals surface area contributed by atoms with Crippen LogP contribution in [0.5, 0.6) is 0 Å². The third-order valence-electron chi connectivity index (χ3n) is 5.58. The van der Waals surface area contributed by atoms with E-state index in [2.05, 4.69) is 40.6 Å². The average molecular weight is 428 g/mol. The van der Waals surface area contributed by atoms with Crippen LogP contribution in [-0.4, -0.2) is 30.4 Å². The Kier molecular flexibility index (Phi) is 7.03. The largest absolute Gasteiger partial charge is 0.350 e. The predicted molar refractivity (Wildman–Crippen MR) is 124 cm³/mol. The number of nitriles is 1. The quantitative estimate of drug-likeness (QED) is 0.558. The van der Waals surface area contributed by atoms with Gasteiger partial charge < -0.3 is 5.32 Å². The minimum Gasteiger partial charge on any atom is -0.350 e. The van der Waals surface area contributed by atoms with Gasteiger partial charge in [0.15, 0.2) is 0 Å². The summed E-state index contributed by atoms with van der Waals surface area (Å²) in [5.41, 5.74) is 2.48. The molecule has 1 aliphatic heterocycles. The van der Waals surface area contributed by atoms with Crippen molar-refractivity contribution in [2.75, 3.05) is 19.6 Å². The van der Waals surface area contributed by atoms with E-state index in [-0.39, 0.29) is 11.9 Å². The molecule has 3 aromatic rings. The minimum atomic E-state index is -0.0855. The Labute approximate surface area is 187 Å². The van der Waals surface area contributed by atoms with Crippen LogP contribution in [-0.2, 0) is 0 Å². The first kappa shape index (κ1) is 21.2. The summed E-state index contributed by atoms with van der Waals surface area (Å²) in [5.74, 6) is -0.0855. The van der Waals surface area contributed by atoms with Crippen molar-refractivity contribution >= 4 is 17.7 Å². The number of benzene rings is 3. The number of hydrogen-bond acceptors (Lipinski definition) is 4. The molecular weight excluding hydrogens is 402 g/mol. The summed E-state index contributed by atoms with van der Waals surface area (Å²) in [4.78, 5) is 17.3. The fourth-order valence-corrected chi connectivity index (χ4v) is 5.00. The molecule has 0 aliphatic carbocycles. The van der Waals surface area contributed by atoms with Gasteiger partial charge in [-0.3, -0.25) is 9.69 Å². The number of amides is 1. The number of nitrogens with one attached hydrogen (secondary N) is 1. The van der Waals surface area contributed by atoms with Crippen molar-refractivity contribution < 1.29 is 4.79 Å². The van der Waals surface area contributed by atoms with Gasteiger partial charge in [0.05, 0.1) is 17.2 Å². The Morgan fingerprint density at radius 3 is 2.32 bits per heavy atom. The highest BCUT2D eigenvalue weighted by molar-refractivity contribution is 7.99. The summed E-state index contributed by atoms with van der Waals surface area (Å²) in [5, 5.41) is 12.6. The second-order valence-corrected chi connectivity index (χ2v) is 8.67. The van der Waals surface area contributed by atoms with E-state index in [1.165, 1.54) is 30.2 Å². The van der Waals surface area contributed by atoms with Gasteiger partial charge in [0.2, 0.25) is 0 Å². The summed E-state index contributed by atoms with van der Waals surface area (Å²) >= 11 is 1.46. The first-order valence-corrected chi connectivity index (χ1v) is 11.4. The normalized spacial score (nSPS) is 14.7. The van der Waals surface area contributed by atoms with E-state index < -0.39 is 0 Å². The monoisotopic (exact) mass is 427 g/mol. The van der Waals surface area contributed by atoms with Crippen LogP contribution >= 0.6 is 11.8 Å². The van der Waals surface area contributed by atoms with Gasteiger partial charge in [-0.05, 0) is 55.8 Å². The molecule has 1 saturated heterocycles. The molecule has 1 aliphatic rings. The zero-order chi connectivity index (χ0) is 21.5. The smallest absolute Gasteiger partial charge is 0.252 e. The van der Waals surface area contributed by atoms with Crippen molar-refractivity contribution in [3.8, 4) is 6.07 Å². The van der Waals surface area contributed by atoms with Crippen molar-refractivity contribution in [3.05, 3.63) is 95.6 Å². The summed E-state index contributed by atoms with van der Waals surface area (Å²) in [7, 11) is 0. The molecule has 0 spiro atoms. The number of likely N-dealkylation sites (tertiary alicyclic amines) is 1. The summed E-state index contributed by atoms with van der Waals surface area (Å²) in [6.45, 7) is 2.69. The van der Waals surface area contributed by atoms with E-state index in [4.69, 9.17) is 0 Å². The molecule has 1 amide bonds. The molecule has 1 heterocycles. The molecule has 31 heavy (non-hydrogen) atoms. The molecule has 3 aromatic carbocycles. The van der Waals surface area contributed by atoms with Gasteiger partial charge in [-0.25, -0.2) is 0 Å². The molecule has 0 radical (unpaired) electrons. The zero-order valence-corrected chi connectivity index (χ0v) is 18.1. The maximum atomic E-state index is 13.2. The van der Waals surface area contributed by atoms with Gasteiger partial charge in [-0.2, -0.15) is 5.26 Å². The number of carbonyl (C=O) groups excluding carboxylic acids is 1. The molecule has 0 saturated carbocycles. The van der Waals surface area contributed by atoms with Crippen molar-refractivity contribution in [2.45, 2.75) is 28.7 Å². The van der Waals surface area contributed by atoms with E-state index in [0.717, 1.165) is 22.9 Å². The first-order valence-electron chi connectivity index (χ1n) is 10.6. The average Bonchev–Trinajstić information content (AvgIpc) is 3.35. The number of hydrogen-bond donors (Lipinski definition) is 1. The minimum absolute atomic E-state index is 0.0855. The second-order valence-electron chi connectivity index (χ2n) is 7.59. The molecule has 1 N–H and O–H groups in total. The topological polar surface area (TPSA) is 56.1 Å². The lowest BCUT2D eigenvalue weighted by Crippen LogP contribution is -2.37. The highest BCUT2D eigenvalue weighted by atomic mass is 32.2. The van der Waals surface area contributed by atoms with Gasteiger partial charge in [-0.1, -0.05) is 66.4 Å². The maximum absolute atomic E-state index is 13.2. The van der Waals surface area contributed by atoms with Crippen molar-refractivity contribution in [2.24, 2.45) is 0 Å². The molecule has 0 aromatic heterocycles. The number of nitrogens with zero attached hydrogens (tertiary/aromatic N) is 2. The fourth-order valence-electron chi connectivity index (χ4n) is 3.98. The Hall–Kier alpha value is -3.07. The highest BCUT2D eigenvalue weighted by Crippen LogP contribution is 2.32. The maximum Gasteiger partial charge on any atom is 0.252 e. The van der Waals surface area contributed by atoms with E-state index in [1.54, 1.807) is 6.07 Å². The van der Waals surface area contributed by atoms with Gasteiger partial charge in [0.25, 0.3) is 5.91 Å². The van der Waals surface area contributed by atoms with Crippen LogP contribution in [0.15, 0.2) is 88.7 Å². The van der Waals surface area contributed by atoms with Gasteiger partial charge >= 0.3 is 0 Å². The van der Waals surface area contributed by atoms with Crippen LogP contribution in [0.4, 0.5) is 0 Å². The Bertz CT molecular complexity index is 1070. The van der Waals surface area contributed by atoms with Gasteiger partial charge in [-0.15, -0.1) is 0 Å². The highest BCUT2D eigenvalue weighted by Gasteiger charge is 2.24. The Morgan fingerprint density at radius 2 is 1.58 bits per heavy atom.